The number of aromatic carboxylic acids is 1. The Morgan fingerprint density at radius 2 is 1.87 bits per heavy atom. The largest absolute Gasteiger partial charge is 0.481 e. The number of ether oxygens (including phenoxy) is 1. The Kier molecular flexibility index (Phi) is 5.36. The molecule has 0 aromatic heterocycles. The van der Waals surface area contributed by atoms with Gasteiger partial charge in [-0.2, -0.15) is 0 Å². The monoisotopic (exact) mass is 313 g/mol. The number of hydrogen-bond donors (Lipinski definition) is 2. The molecule has 2 aromatic carbocycles. The lowest BCUT2D eigenvalue weighted by atomic mass is 10.2. The normalized spacial score (nSPS) is 11.6. The lowest BCUT2D eigenvalue weighted by molar-refractivity contribution is -0.122. The van der Waals surface area contributed by atoms with Crippen LogP contribution >= 0.6 is 0 Å². The van der Waals surface area contributed by atoms with Crippen LogP contribution in [0.4, 0.5) is 5.69 Å². The second kappa shape index (κ2) is 7.45. The molecule has 1 unspecified atom stereocenters. The zero-order valence-electron chi connectivity index (χ0n) is 13.1. The molecule has 0 spiro atoms. The molecule has 0 saturated carbocycles. The molecule has 120 valence electrons. The minimum absolute atomic E-state index is 0.117. The number of rotatable bonds is 6. The molecule has 5 heteroatoms. The van der Waals surface area contributed by atoms with E-state index >= 15 is 0 Å². The van der Waals surface area contributed by atoms with Crippen LogP contribution in [0.2, 0.25) is 0 Å². The number of hydrogen-bond acceptors (Lipinski definition) is 3. The standard InChI is InChI=1S/C18H19NO4/c1-3-13-7-9-16(10-8-13)23-12(2)17(20)19-15-6-4-5-14(11-15)18(21)22/h4-12H,3H2,1-2H3,(H,19,20)(H,21,22). The highest BCUT2D eigenvalue weighted by molar-refractivity contribution is 5.96. The molecule has 0 saturated heterocycles. The van der Waals surface area contributed by atoms with E-state index in [4.69, 9.17) is 9.84 Å². The smallest absolute Gasteiger partial charge is 0.335 e. The van der Waals surface area contributed by atoms with Crippen LogP contribution in [0.25, 0.3) is 0 Å². The number of anilines is 1. The third-order valence-electron chi connectivity index (χ3n) is 3.39. The first-order valence-corrected chi connectivity index (χ1v) is 7.39. The van der Waals surface area contributed by atoms with Gasteiger partial charge in [-0.25, -0.2) is 4.79 Å². The zero-order chi connectivity index (χ0) is 16.8. The van der Waals surface area contributed by atoms with Gasteiger partial charge in [-0.15, -0.1) is 0 Å². The zero-order valence-corrected chi connectivity index (χ0v) is 13.1. The SMILES string of the molecule is CCc1ccc(OC(C)C(=O)Nc2cccc(C(=O)O)c2)cc1. The van der Waals surface area contributed by atoms with E-state index in [9.17, 15) is 9.59 Å². The topological polar surface area (TPSA) is 75.6 Å². The second-order valence-corrected chi connectivity index (χ2v) is 5.13. The molecule has 1 atom stereocenters. The number of nitrogens with one attached hydrogen (secondary N) is 1. The maximum absolute atomic E-state index is 12.1. The summed E-state index contributed by atoms with van der Waals surface area (Å²) in [6.45, 7) is 3.71. The number of aryl methyl sites for hydroxylation is 1. The van der Waals surface area contributed by atoms with Gasteiger partial charge in [-0.05, 0) is 49.2 Å². The summed E-state index contributed by atoms with van der Waals surface area (Å²) >= 11 is 0. The van der Waals surface area contributed by atoms with Crippen LogP contribution in [-0.2, 0) is 11.2 Å². The fourth-order valence-corrected chi connectivity index (χ4v) is 2.04. The van der Waals surface area contributed by atoms with E-state index < -0.39 is 12.1 Å². The van der Waals surface area contributed by atoms with Crippen LogP contribution in [0.15, 0.2) is 48.5 Å². The van der Waals surface area contributed by atoms with Gasteiger partial charge in [0.05, 0.1) is 5.56 Å². The summed E-state index contributed by atoms with van der Waals surface area (Å²) in [7, 11) is 0. The summed E-state index contributed by atoms with van der Waals surface area (Å²) in [5.74, 6) is -0.766. The van der Waals surface area contributed by atoms with Crippen molar-refractivity contribution in [3.05, 3.63) is 59.7 Å². The Bertz CT molecular complexity index is 694. The number of carboxylic acids is 1. The number of carboxylic acid groups (broad SMARTS) is 1. The van der Waals surface area contributed by atoms with Crippen molar-refractivity contribution in [3.63, 3.8) is 0 Å². The van der Waals surface area contributed by atoms with Gasteiger partial charge in [-0.1, -0.05) is 25.1 Å². The summed E-state index contributed by atoms with van der Waals surface area (Å²) in [5.41, 5.74) is 1.73. The Morgan fingerprint density at radius 1 is 1.17 bits per heavy atom. The highest BCUT2D eigenvalue weighted by Crippen LogP contribution is 2.16. The summed E-state index contributed by atoms with van der Waals surface area (Å²) in [6, 6.07) is 13.6. The number of carbonyl (C=O) groups excluding carboxylic acids is 1. The van der Waals surface area contributed by atoms with Crippen molar-refractivity contribution in [1.82, 2.24) is 0 Å². The van der Waals surface area contributed by atoms with Crippen molar-refractivity contribution in [2.24, 2.45) is 0 Å². The van der Waals surface area contributed by atoms with Crippen molar-refractivity contribution in [3.8, 4) is 5.75 Å². The Morgan fingerprint density at radius 3 is 2.48 bits per heavy atom. The number of amides is 1. The highest BCUT2D eigenvalue weighted by Gasteiger charge is 2.15. The molecule has 2 rings (SSSR count). The molecule has 0 bridgehead atoms. The van der Waals surface area contributed by atoms with Crippen molar-refractivity contribution in [2.45, 2.75) is 26.4 Å². The van der Waals surface area contributed by atoms with Crippen LogP contribution in [0, 0.1) is 0 Å². The lowest BCUT2D eigenvalue weighted by Crippen LogP contribution is -2.30. The van der Waals surface area contributed by atoms with E-state index in [0.29, 0.717) is 11.4 Å². The first-order valence-electron chi connectivity index (χ1n) is 7.39. The molecule has 0 aliphatic carbocycles. The predicted molar refractivity (Wildman–Crippen MR) is 87.9 cm³/mol. The van der Waals surface area contributed by atoms with Crippen molar-refractivity contribution >= 4 is 17.6 Å². The maximum Gasteiger partial charge on any atom is 0.335 e. The van der Waals surface area contributed by atoms with E-state index in [1.807, 2.05) is 24.3 Å². The third-order valence-corrected chi connectivity index (χ3v) is 3.39. The highest BCUT2D eigenvalue weighted by atomic mass is 16.5. The molecule has 2 N–H and O–H groups in total. The minimum atomic E-state index is -1.04. The van der Waals surface area contributed by atoms with Crippen molar-refractivity contribution < 1.29 is 19.4 Å². The first kappa shape index (κ1) is 16.5. The quantitative estimate of drug-likeness (QED) is 0.857. The molecule has 2 aromatic rings. The molecule has 0 fully saturated rings. The van der Waals surface area contributed by atoms with Crippen LogP contribution < -0.4 is 10.1 Å². The van der Waals surface area contributed by atoms with Gasteiger partial charge in [0, 0.05) is 5.69 Å². The van der Waals surface area contributed by atoms with Crippen LogP contribution in [0.3, 0.4) is 0 Å². The number of carbonyl (C=O) groups is 2. The molecule has 0 radical (unpaired) electrons. The van der Waals surface area contributed by atoms with E-state index in [1.54, 1.807) is 19.1 Å². The fourth-order valence-electron chi connectivity index (χ4n) is 2.04. The van der Waals surface area contributed by atoms with Gasteiger partial charge in [0.2, 0.25) is 0 Å². The first-order chi connectivity index (χ1) is 11.0. The third kappa shape index (κ3) is 4.57. The molecule has 0 aliphatic heterocycles. The fraction of sp³-hybridized carbons (Fsp3) is 0.222. The summed E-state index contributed by atoms with van der Waals surface area (Å²) in [6.07, 6.45) is 0.243. The van der Waals surface area contributed by atoms with Gasteiger partial charge in [-0.3, -0.25) is 4.79 Å². The summed E-state index contributed by atoms with van der Waals surface area (Å²) in [5, 5.41) is 11.6. The van der Waals surface area contributed by atoms with Crippen molar-refractivity contribution in [2.75, 3.05) is 5.32 Å². The second-order valence-electron chi connectivity index (χ2n) is 5.13. The Labute approximate surface area is 134 Å². The molecule has 1 amide bonds. The van der Waals surface area contributed by atoms with E-state index in [2.05, 4.69) is 12.2 Å². The molecular weight excluding hydrogens is 294 g/mol. The van der Waals surface area contributed by atoms with Gasteiger partial charge >= 0.3 is 5.97 Å². The molecule has 0 heterocycles. The minimum Gasteiger partial charge on any atom is -0.481 e. The molecule has 0 aliphatic rings. The van der Waals surface area contributed by atoms with Gasteiger partial charge < -0.3 is 15.2 Å². The van der Waals surface area contributed by atoms with E-state index in [-0.39, 0.29) is 11.5 Å². The average Bonchev–Trinajstić information content (AvgIpc) is 2.55. The molecular formula is C18H19NO4. The van der Waals surface area contributed by atoms with Crippen LogP contribution in [0.5, 0.6) is 5.75 Å². The predicted octanol–water partition coefficient (Wildman–Crippen LogP) is 3.35. The maximum atomic E-state index is 12.1. The van der Waals surface area contributed by atoms with Gasteiger partial charge in [0.25, 0.3) is 5.91 Å². The Balaban J connectivity index is 1.99. The summed E-state index contributed by atoms with van der Waals surface area (Å²) in [4.78, 5) is 23.1. The van der Waals surface area contributed by atoms with Gasteiger partial charge in [0.1, 0.15) is 5.75 Å². The van der Waals surface area contributed by atoms with Crippen LogP contribution in [-0.4, -0.2) is 23.1 Å². The summed E-state index contributed by atoms with van der Waals surface area (Å²) < 4.78 is 5.60. The number of benzene rings is 2. The molecule has 23 heavy (non-hydrogen) atoms. The lowest BCUT2D eigenvalue weighted by Gasteiger charge is -2.15. The average molecular weight is 313 g/mol. The Hall–Kier alpha value is -2.82. The van der Waals surface area contributed by atoms with Crippen molar-refractivity contribution in [1.29, 1.82) is 0 Å². The van der Waals surface area contributed by atoms with E-state index in [1.165, 1.54) is 17.7 Å². The van der Waals surface area contributed by atoms with E-state index in [0.717, 1.165) is 6.42 Å². The van der Waals surface area contributed by atoms with Crippen LogP contribution in [0.1, 0.15) is 29.8 Å². The van der Waals surface area contributed by atoms with Gasteiger partial charge in [0.15, 0.2) is 6.10 Å². The molecule has 5 nitrogen and oxygen atoms in total.